The number of carbonyl (C=O) groups excluding carboxylic acids is 3. The highest BCUT2D eigenvalue weighted by atomic mass is 19.2. The molecule has 0 saturated heterocycles. The van der Waals surface area contributed by atoms with E-state index in [4.69, 9.17) is 0 Å². The maximum atomic E-state index is 14.2. The number of benzene rings is 2. The van der Waals surface area contributed by atoms with Gasteiger partial charge in [0.25, 0.3) is 0 Å². The lowest BCUT2D eigenvalue weighted by Gasteiger charge is -2.21. The number of rotatable bonds is 4. The van der Waals surface area contributed by atoms with E-state index in [1.165, 1.54) is 25.1 Å². The van der Waals surface area contributed by atoms with Crippen molar-refractivity contribution in [2.75, 3.05) is 11.4 Å². The Labute approximate surface area is 145 Å². The largest absolute Gasteiger partial charge is 0.335 e. The summed E-state index contributed by atoms with van der Waals surface area (Å²) in [5.74, 6) is -8.75. The van der Waals surface area contributed by atoms with Crippen LogP contribution in [0.25, 0.3) is 0 Å². The Balaban J connectivity index is 2.23. The number of hydrogen-bond donors (Lipinski definition) is 0. The monoisotopic (exact) mass is 365 g/mol. The normalized spacial score (nSPS) is 15.7. The highest BCUT2D eigenvalue weighted by Gasteiger charge is 2.38. The Morgan fingerprint density at radius 2 is 1.69 bits per heavy atom. The molecule has 1 heterocycles. The van der Waals surface area contributed by atoms with Gasteiger partial charge in [-0.2, -0.15) is 0 Å². The highest BCUT2D eigenvalue weighted by molar-refractivity contribution is 6.28. The van der Waals surface area contributed by atoms with Crippen LogP contribution in [0.3, 0.4) is 0 Å². The summed E-state index contributed by atoms with van der Waals surface area (Å²) < 4.78 is 55.5. The lowest BCUT2D eigenvalue weighted by molar-refractivity contribution is -0.130. The lowest BCUT2D eigenvalue weighted by atomic mass is 9.95. The van der Waals surface area contributed by atoms with Crippen molar-refractivity contribution in [2.45, 2.75) is 12.8 Å². The Kier molecular flexibility index (Phi) is 4.35. The Morgan fingerprint density at radius 3 is 2.23 bits per heavy atom. The van der Waals surface area contributed by atoms with Gasteiger partial charge in [-0.1, -0.05) is 0 Å². The van der Waals surface area contributed by atoms with Gasteiger partial charge < -0.3 is 4.90 Å². The molecule has 0 aromatic heterocycles. The molecule has 3 rings (SSSR count). The van der Waals surface area contributed by atoms with Crippen LogP contribution in [-0.4, -0.2) is 24.4 Å². The quantitative estimate of drug-likeness (QED) is 0.274. The van der Waals surface area contributed by atoms with Crippen molar-refractivity contribution in [2.24, 2.45) is 0 Å². The molecule has 26 heavy (non-hydrogen) atoms. The third-order valence-electron chi connectivity index (χ3n) is 4.28. The second-order valence-electron chi connectivity index (χ2n) is 5.83. The molecule has 4 nitrogen and oxygen atoms in total. The number of nitrogens with zero attached hydrogens (tertiary/aromatic N) is 1. The van der Waals surface area contributed by atoms with Gasteiger partial charge in [0, 0.05) is 23.9 Å². The van der Waals surface area contributed by atoms with Crippen molar-refractivity contribution in [3.8, 4) is 0 Å². The minimum atomic E-state index is -1.62. The van der Waals surface area contributed by atoms with Crippen molar-refractivity contribution in [1.82, 2.24) is 0 Å². The van der Waals surface area contributed by atoms with Gasteiger partial charge in [0.05, 0.1) is 5.92 Å². The van der Waals surface area contributed by atoms with Gasteiger partial charge in [0.15, 0.2) is 35.3 Å². The minimum absolute atomic E-state index is 0.0528. The number of fused-ring (bicyclic) bond motifs is 1. The van der Waals surface area contributed by atoms with E-state index in [2.05, 4.69) is 0 Å². The van der Waals surface area contributed by atoms with Crippen molar-refractivity contribution < 1.29 is 31.9 Å². The van der Waals surface area contributed by atoms with Crippen LogP contribution in [0.1, 0.15) is 28.8 Å². The topological polar surface area (TPSA) is 54.5 Å². The molecule has 0 N–H and O–H groups in total. The summed E-state index contributed by atoms with van der Waals surface area (Å²) in [6, 6.07) is 4.08. The first-order valence-corrected chi connectivity index (χ1v) is 7.50. The van der Waals surface area contributed by atoms with Crippen molar-refractivity contribution >= 4 is 29.2 Å². The van der Waals surface area contributed by atoms with Crippen LogP contribution in [0, 0.1) is 23.3 Å². The Morgan fingerprint density at radius 1 is 1.08 bits per heavy atom. The molecule has 0 saturated carbocycles. The molecule has 0 aliphatic carbocycles. The summed E-state index contributed by atoms with van der Waals surface area (Å²) in [4.78, 5) is 35.3. The summed E-state index contributed by atoms with van der Waals surface area (Å²) in [6.07, 6.45) is 0.0528. The molecule has 0 bridgehead atoms. The molecule has 0 spiro atoms. The van der Waals surface area contributed by atoms with Crippen LogP contribution < -0.4 is 4.90 Å². The van der Waals surface area contributed by atoms with Gasteiger partial charge in [-0.15, -0.1) is 0 Å². The van der Waals surface area contributed by atoms with E-state index in [-0.39, 0.29) is 35.0 Å². The van der Waals surface area contributed by atoms with Crippen molar-refractivity contribution in [1.29, 1.82) is 0 Å². The summed E-state index contributed by atoms with van der Waals surface area (Å²) in [5.41, 5.74) is -0.516. The Hall–Kier alpha value is -3.03. The van der Waals surface area contributed by atoms with E-state index in [0.717, 1.165) is 4.90 Å². The van der Waals surface area contributed by atoms with Gasteiger partial charge in [-0.3, -0.25) is 14.4 Å². The number of hydrogen-bond acceptors (Lipinski definition) is 4. The van der Waals surface area contributed by atoms with Crippen LogP contribution in [0.2, 0.25) is 0 Å². The van der Waals surface area contributed by atoms with E-state index in [0.29, 0.717) is 0 Å². The number of Topliss-reactive ketones (excluding diaryl/α,β-unsaturated/α-hetero) is 2. The van der Waals surface area contributed by atoms with Crippen LogP contribution >= 0.6 is 0 Å². The molecule has 0 fully saturated rings. The number of anilines is 2. The van der Waals surface area contributed by atoms with Crippen LogP contribution in [0.5, 0.6) is 0 Å². The van der Waals surface area contributed by atoms with Crippen molar-refractivity contribution in [3.63, 3.8) is 0 Å². The van der Waals surface area contributed by atoms with Crippen LogP contribution in [0.4, 0.5) is 28.9 Å². The first-order valence-electron chi connectivity index (χ1n) is 7.50. The predicted octanol–water partition coefficient (Wildman–Crippen LogP) is 3.45. The zero-order chi connectivity index (χ0) is 19.2. The van der Waals surface area contributed by atoms with Crippen LogP contribution in [0.15, 0.2) is 24.3 Å². The van der Waals surface area contributed by atoms with Crippen molar-refractivity contribution in [3.05, 3.63) is 58.7 Å². The minimum Gasteiger partial charge on any atom is -0.335 e. The molecule has 2 aromatic rings. The predicted molar refractivity (Wildman–Crippen MR) is 83.5 cm³/mol. The molecule has 1 atom stereocenters. The molecular formula is C18H11F4NO3. The molecule has 1 aliphatic rings. The number of carbonyl (C=O) groups is 3. The molecule has 1 unspecified atom stereocenters. The van der Waals surface area contributed by atoms with E-state index in [9.17, 15) is 31.9 Å². The highest BCUT2D eigenvalue weighted by Crippen LogP contribution is 2.44. The number of halogens is 4. The zero-order valence-electron chi connectivity index (χ0n) is 13.4. The third-order valence-corrected chi connectivity index (χ3v) is 4.28. The van der Waals surface area contributed by atoms with E-state index in [1.807, 2.05) is 0 Å². The van der Waals surface area contributed by atoms with Gasteiger partial charge in [0.2, 0.25) is 5.78 Å². The van der Waals surface area contributed by atoms with E-state index < -0.39 is 47.2 Å². The summed E-state index contributed by atoms with van der Waals surface area (Å²) in [5, 5.41) is 0. The molecule has 2 aromatic carbocycles. The smallest absolute Gasteiger partial charge is 0.204 e. The van der Waals surface area contributed by atoms with Gasteiger partial charge in [-0.25, -0.2) is 17.6 Å². The van der Waals surface area contributed by atoms with E-state index >= 15 is 0 Å². The molecule has 0 radical (unpaired) electrons. The standard InChI is InChI=1S/C18H11F4NO3/c1-8(25)9-2-3-14-10(4-9)11(15(26)7-24)6-23(14)18-16(21)12(19)5-13(20)17(18)22/h2-5,7,11H,6H2,1H3. The summed E-state index contributed by atoms with van der Waals surface area (Å²) in [7, 11) is 0. The fourth-order valence-corrected chi connectivity index (χ4v) is 3.01. The second kappa shape index (κ2) is 6.36. The van der Waals surface area contributed by atoms with Gasteiger partial charge in [-0.05, 0) is 30.7 Å². The third kappa shape index (κ3) is 2.67. The Bertz CT molecular complexity index is 932. The maximum Gasteiger partial charge on any atom is 0.204 e. The van der Waals surface area contributed by atoms with Crippen LogP contribution in [-0.2, 0) is 9.59 Å². The molecule has 134 valence electrons. The summed E-state index contributed by atoms with van der Waals surface area (Å²) >= 11 is 0. The average molecular weight is 365 g/mol. The maximum absolute atomic E-state index is 14.2. The number of ketones is 2. The SMILES string of the molecule is CC(=O)c1ccc2c(c1)C(C(=O)C=O)CN2c1c(F)c(F)cc(F)c1F. The van der Waals surface area contributed by atoms with Gasteiger partial charge >= 0.3 is 0 Å². The van der Waals surface area contributed by atoms with Gasteiger partial charge in [0.1, 0.15) is 5.69 Å². The lowest BCUT2D eigenvalue weighted by Crippen LogP contribution is -2.23. The fraction of sp³-hybridized carbons (Fsp3) is 0.167. The molecule has 0 amide bonds. The second-order valence-corrected chi connectivity index (χ2v) is 5.83. The van der Waals surface area contributed by atoms with E-state index in [1.54, 1.807) is 0 Å². The first kappa shape index (κ1) is 17.8. The first-order chi connectivity index (χ1) is 12.3. The number of aldehydes is 1. The summed E-state index contributed by atoms with van der Waals surface area (Å²) in [6.45, 7) is 0.886. The molecular weight excluding hydrogens is 354 g/mol. The fourth-order valence-electron chi connectivity index (χ4n) is 3.01. The zero-order valence-corrected chi connectivity index (χ0v) is 13.4. The molecule has 1 aliphatic heterocycles. The molecule has 8 heteroatoms. The average Bonchev–Trinajstić information content (AvgIpc) is 2.98.